The molecule has 0 N–H and O–H groups in total. The van der Waals surface area contributed by atoms with Crippen molar-refractivity contribution >= 4 is 0 Å². The molecule has 1 aliphatic heterocycles. The van der Waals surface area contributed by atoms with Gasteiger partial charge in [0, 0.05) is 11.8 Å². The predicted octanol–water partition coefficient (Wildman–Crippen LogP) is 2.69. The third-order valence-corrected chi connectivity index (χ3v) is 3.50. The number of hydrogen-bond acceptors (Lipinski definition) is 4. The standard InChI is InChI=1S/C13H19NO3/c1-12(2)13(3,4)17-11(16-12)9-6-10(15-5)8-14-7-9/h6-8,11H,1-5H3. The Morgan fingerprint density at radius 3 is 2.24 bits per heavy atom. The number of ether oxygens (including phenoxy) is 3. The van der Waals surface area contributed by atoms with Gasteiger partial charge in [-0.1, -0.05) is 0 Å². The first-order valence-electron chi connectivity index (χ1n) is 5.70. The molecule has 94 valence electrons. The SMILES string of the molecule is COc1cncc(C2OC(C)(C)C(C)(C)O2)c1. The van der Waals surface area contributed by atoms with E-state index in [4.69, 9.17) is 14.2 Å². The van der Waals surface area contributed by atoms with E-state index in [1.807, 2.05) is 33.8 Å². The van der Waals surface area contributed by atoms with Crippen molar-refractivity contribution in [3.8, 4) is 5.75 Å². The van der Waals surface area contributed by atoms with E-state index in [9.17, 15) is 0 Å². The van der Waals surface area contributed by atoms with Crippen LogP contribution in [0.2, 0.25) is 0 Å². The quantitative estimate of drug-likeness (QED) is 0.793. The van der Waals surface area contributed by atoms with Gasteiger partial charge in [-0.3, -0.25) is 4.98 Å². The van der Waals surface area contributed by atoms with Gasteiger partial charge in [0.1, 0.15) is 5.75 Å². The molecule has 4 heteroatoms. The zero-order valence-corrected chi connectivity index (χ0v) is 11.0. The number of nitrogens with zero attached hydrogens (tertiary/aromatic N) is 1. The minimum absolute atomic E-state index is 0.333. The van der Waals surface area contributed by atoms with Crippen molar-refractivity contribution in [2.45, 2.75) is 45.2 Å². The van der Waals surface area contributed by atoms with Crippen LogP contribution in [0.5, 0.6) is 5.75 Å². The molecule has 2 rings (SSSR count). The van der Waals surface area contributed by atoms with E-state index in [0.29, 0.717) is 5.75 Å². The van der Waals surface area contributed by atoms with Crippen LogP contribution in [0.1, 0.15) is 39.5 Å². The Morgan fingerprint density at radius 2 is 1.71 bits per heavy atom. The molecular weight excluding hydrogens is 218 g/mol. The van der Waals surface area contributed by atoms with Crippen molar-refractivity contribution in [2.24, 2.45) is 0 Å². The van der Waals surface area contributed by atoms with E-state index in [0.717, 1.165) is 5.56 Å². The molecular formula is C13H19NO3. The van der Waals surface area contributed by atoms with Crippen LogP contribution in [-0.4, -0.2) is 23.3 Å². The average molecular weight is 237 g/mol. The molecule has 0 aromatic carbocycles. The van der Waals surface area contributed by atoms with Crippen molar-refractivity contribution in [1.29, 1.82) is 0 Å². The van der Waals surface area contributed by atoms with Gasteiger partial charge < -0.3 is 14.2 Å². The molecule has 0 aliphatic carbocycles. The second-order valence-corrected chi connectivity index (χ2v) is 5.25. The van der Waals surface area contributed by atoms with Crippen molar-refractivity contribution in [2.75, 3.05) is 7.11 Å². The summed E-state index contributed by atoms with van der Waals surface area (Å²) in [5, 5.41) is 0. The summed E-state index contributed by atoms with van der Waals surface area (Å²) >= 11 is 0. The van der Waals surface area contributed by atoms with E-state index in [1.165, 1.54) is 0 Å². The van der Waals surface area contributed by atoms with E-state index < -0.39 is 0 Å². The lowest BCUT2D eigenvalue weighted by Gasteiger charge is -2.30. The summed E-state index contributed by atoms with van der Waals surface area (Å²) in [6.07, 6.45) is 3.02. The van der Waals surface area contributed by atoms with Gasteiger partial charge in [-0.15, -0.1) is 0 Å². The zero-order valence-electron chi connectivity index (χ0n) is 11.0. The molecule has 0 spiro atoms. The van der Waals surface area contributed by atoms with Gasteiger partial charge in [0.25, 0.3) is 0 Å². The highest BCUT2D eigenvalue weighted by molar-refractivity contribution is 5.25. The Bertz CT molecular complexity index is 399. The number of hydrogen-bond donors (Lipinski definition) is 0. The highest BCUT2D eigenvalue weighted by atomic mass is 16.7. The Kier molecular flexibility index (Phi) is 2.87. The molecule has 1 aromatic rings. The van der Waals surface area contributed by atoms with Crippen LogP contribution in [0.15, 0.2) is 18.5 Å². The summed E-state index contributed by atoms with van der Waals surface area (Å²) in [5.41, 5.74) is 0.213. The van der Waals surface area contributed by atoms with Crippen molar-refractivity contribution in [1.82, 2.24) is 4.98 Å². The fraction of sp³-hybridized carbons (Fsp3) is 0.615. The number of aromatic nitrogens is 1. The Balaban J connectivity index is 2.25. The first kappa shape index (κ1) is 12.3. The van der Waals surface area contributed by atoms with Crippen LogP contribution >= 0.6 is 0 Å². The lowest BCUT2D eigenvalue weighted by molar-refractivity contribution is -0.0898. The topological polar surface area (TPSA) is 40.6 Å². The third kappa shape index (κ3) is 2.15. The summed E-state index contributed by atoms with van der Waals surface area (Å²) in [6.45, 7) is 8.11. The summed E-state index contributed by atoms with van der Waals surface area (Å²) < 4.78 is 17.0. The van der Waals surface area contributed by atoms with Crippen LogP contribution in [0.4, 0.5) is 0 Å². The van der Waals surface area contributed by atoms with Crippen LogP contribution < -0.4 is 4.74 Å². The normalized spacial score (nSPS) is 22.6. The second-order valence-electron chi connectivity index (χ2n) is 5.25. The predicted molar refractivity (Wildman–Crippen MR) is 63.9 cm³/mol. The van der Waals surface area contributed by atoms with E-state index >= 15 is 0 Å². The Hall–Kier alpha value is -1.13. The highest BCUT2D eigenvalue weighted by Crippen LogP contribution is 2.44. The smallest absolute Gasteiger partial charge is 0.186 e. The lowest BCUT2D eigenvalue weighted by Crippen LogP contribution is -2.41. The van der Waals surface area contributed by atoms with Gasteiger partial charge >= 0.3 is 0 Å². The fourth-order valence-corrected chi connectivity index (χ4v) is 1.66. The minimum atomic E-state index is -0.386. The monoisotopic (exact) mass is 237 g/mol. The van der Waals surface area contributed by atoms with Gasteiger partial charge in [-0.2, -0.15) is 0 Å². The van der Waals surface area contributed by atoms with Gasteiger partial charge in [0.15, 0.2) is 6.29 Å². The van der Waals surface area contributed by atoms with E-state index in [-0.39, 0.29) is 17.5 Å². The average Bonchev–Trinajstić information content (AvgIpc) is 2.48. The van der Waals surface area contributed by atoms with Crippen LogP contribution in [0.25, 0.3) is 0 Å². The Labute approximate surface area is 102 Å². The molecule has 0 amide bonds. The molecule has 0 unspecified atom stereocenters. The summed E-state index contributed by atoms with van der Waals surface area (Å²) in [7, 11) is 1.62. The van der Waals surface area contributed by atoms with Gasteiger partial charge in [0.05, 0.1) is 24.5 Å². The molecule has 17 heavy (non-hydrogen) atoms. The van der Waals surface area contributed by atoms with Crippen LogP contribution in [0.3, 0.4) is 0 Å². The fourth-order valence-electron chi connectivity index (χ4n) is 1.66. The maximum atomic E-state index is 5.93. The minimum Gasteiger partial charge on any atom is -0.495 e. The van der Waals surface area contributed by atoms with E-state index in [1.54, 1.807) is 19.5 Å². The number of rotatable bonds is 2. The molecule has 0 atom stereocenters. The third-order valence-electron chi connectivity index (χ3n) is 3.50. The molecule has 2 heterocycles. The van der Waals surface area contributed by atoms with Crippen molar-refractivity contribution in [3.63, 3.8) is 0 Å². The maximum absolute atomic E-state index is 5.93. The summed E-state index contributed by atoms with van der Waals surface area (Å²) in [4.78, 5) is 4.11. The second kappa shape index (κ2) is 3.96. The van der Waals surface area contributed by atoms with Crippen molar-refractivity contribution < 1.29 is 14.2 Å². The van der Waals surface area contributed by atoms with Gasteiger partial charge in [0.2, 0.25) is 0 Å². The lowest BCUT2D eigenvalue weighted by atomic mass is 9.90. The zero-order chi connectivity index (χ0) is 12.7. The molecule has 1 fully saturated rings. The van der Waals surface area contributed by atoms with E-state index in [2.05, 4.69) is 4.98 Å². The molecule has 0 saturated carbocycles. The summed E-state index contributed by atoms with van der Waals surface area (Å²) in [5.74, 6) is 0.706. The molecule has 1 aliphatic rings. The van der Waals surface area contributed by atoms with Gasteiger partial charge in [-0.05, 0) is 33.8 Å². The summed E-state index contributed by atoms with van der Waals surface area (Å²) in [6, 6.07) is 1.88. The number of methoxy groups -OCH3 is 1. The number of pyridine rings is 1. The molecule has 1 aromatic heterocycles. The molecule has 0 bridgehead atoms. The van der Waals surface area contributed by atoms with Crippen LogP contribution in [-0.2, 0) is 9.47 Å². The maximum Gasteiger partial charge on any atom is 0.186 e. The van der Waals surface area contributed by atoms with Crippen molar-refractivity contribution in [3.05, 3.63) is 24.0 Å². The molecule has 1 saturated heterocycles. The first-order valence-corrected chi connectivity index (χ1v) is 5.70. The largest absolute Gasteiger partial charge is 0.495 e. The van der Waals surface area contributed by atoms with Crippen LogP contribution in [0, 0.1) is 0 Å². The Morgan fingerprint density at radius 1 is 1.12 bits per heavy atom. The molecule has 0 radical (unpaired) electrons. The highest BCUT2D eigenvalue weighted by Gasteiger charge is 2.49. The first-order chi connectivity index (χ1) is 7.86. The molecule has 4 nitrogen and oxygen atoms in total. The van der Waals surface area contributed by atoms with Gasteiger partial charge in [-0.25, -0.2) is 0 Å².